The predicted octanol–water partition coefficient (Wildman–Crippen LogP) is 5.02. The first-order chi connectivity index (χ1) is 20.3. The average Bonchev–Trinajstić information content (AvgIpc) is 3.14. The number of hydrogen-bond donors (Lipinski definition) is 1. The molecule has 2 aliphatic rings. The van der Waals surface area contributed by atoms with Crippen molar-refractivity contribution >= 4 is 40.9 Å². The summed E-state index contributed by atoms with van der Waals surface area (Å²) < 4.78 is 0. The second-order valence-corrected chi connectivity index (χ2v) is 11.7. The van der Waals surface area contributed by atoms with E-state index < -0.39 is 17.9 Å². The minimum atomic E-state index is -0.954. The number of halogens is 2. The Kier molecular flexibility index (Phi) is 9.43. The summed E-state index contributed by atoms with van der Waals surface area (Å²) in [7, 11) is 3.85. The first-order valence-corrected chi connectivity index (χ1v) is 14.7. The van der Waals surface area contributed by atoms with Gasteiger partial charge in [-0.05, 0) is 68.4 Å². The smallest absolute Gasteiger partial charge is 0.273 e. The molecule has 1 aromatic heterocycles. The van der Waals surface area contributed by atoms with E-state index in [9.17, 15) is 14.4 Å². The number of hydrazine groups is 1. The maximum absolute atomic E-state index is 14.3. The van der Waals surface area contributed by atoms with Gasteiger partial charge in [-0.1, -0.05) is 60.0 Å². The number of nitrogens with zero attached hydrogens (tertiary/aromatic N) is 4. The molecule has 42 heavy (non-hydrogen) atoms. The van der Waals surface area contributed by atoms with Crippen molar-refractivity contribution in [1.29, 1.82) is 0 Å². The Morgan fingerprint density at radius 2 is 1.83 bits per heavy atom. The quantitative estimate of drug-likeness (QED) is 0.360. The maximum atomic E-state index is 14.3. The van der Waals surface area contributed by atoms with Crippen LogP contribution in [0.4, 0.5) is 0 Å². The van der Waals surface area contributed by atoms with Crippen LogP contribution in [0.25, 0.3) is 0 Å². The molecule has 0 aliphatic carbocycles. The fraction of sp³-hybridized carbons (Fsp3) is 0.355. The highest BCUT2D eigenvalue weighted by atomic mass is 35.5. The van der Waals surface area contributed by atoms with Gasteiger partial charge in [0.15, 0.2) is 0 Å². The number of hydrogen-bond acceptors (Lipinski definition) is 6. The zero-order valence-corrected chi connectivity index (χ0v) is 25.0. The van der Waals surface area contributed by atoms with Crippen LogP contribution in [-0.2, 0) is 21.0 Å². The summed E-state index contributed by atoms with van der Waals surface area (Å²) in [5.41, 5.74) is 4.56. The third-order valence-electron chi connectivity index (χ3n) is 7.62. The van der Waals surface area contributed by atoms with Gasteiger partial charge in [-0.15, -0.1) is 0 Å². The van der Waals surface area contributed by atoms with Crippen molar-refractivity contribution in [2.45, 2.75) is 37.8 Å². The van der Waals surface area contributed by atoms with E-state index in [-0.39, 0.29) is 29.4 Å². The first kappa shape index (κ1) is 30.0. The molecule has 2 aliphatic heterocycles. The summed E-state index contributed by atoms with van der Waals surface area (Å²) >= 11 is 13.0. The van der Waals surface area contributed by atoms with Crippen molar-refractivity contribution in [3.63, 3.8) is 0 Å². The second kappa shape index (κ2) is 13.2. The monoisotopic (exact) mass is 609 g/mol. The molecule has 0 radical (unpaired) electrons. The molecule has 0 bridgehead atoms. The molecule has 0 spiro atoms. The Morgan fingerprint density at radius 3 is 2.57 bits per heavy atom. The zero-order valence-electron chi connectivity index (χ0n) is 23.5. The number of nitrogens with one attached hydrogen (secondary N) is 1. The standard InChI is InChI=1S/C31H33Cl2N5O4/c1-36(2)18-20-9-6-8-16-37(30(20)40)38-28(25-14-13-21(32)17-26(25)33)27(23-11-3-4-12-24(23)31(38)41)29(39)35-42-19-22-10-5-7-15-34-22/h3-5,7,10-15,17,20,27-28H,6,8-9,16,18-19H2,1-2H3,(H,35,39). The third-order valence-corrected chi connectivity index (χ3v) is 8.18. The zero-order chi connectivity index (χ0) is 29.8. The van der Waals surface area contributed by atoms with Crippen LogP contribution in [0.2, 0.25) is 10.0 Å². The lowest BCUT2D eigenvalue weighted by Crippen LogP contribution is -2.58. The molecule has 2 aromatic carbocycles. The van der Waals surface area contributed by atoms with Gasteiger partial charge in [-0.3, -0.25) is 29.2 Å². The van der Waals surface area contributed by atoms with Gasteiger partial charge in [0, 0.05) is 34.9 Å². The molecule has 3 amide bonds. The van der Waals surface area contributed by atoms with E-state index in [1.54, 1.807) is 60.8 Å². The van der Waals surface area contributed by atoms with Gasteiger partial charge < -0.3 is 4.90 Å². The first-order valence-electron chi connectivity index (χ1n) is 13.9. The fourth-order valence-corrected chi connectivity index (χ4v) is 6.29. The molecular formula is C31H33Cl2N5O4. The number of amides is 3. The topological polar surface area (TPSA) is 95.1 Å². The van der Waals surface area contributed by atoms with Crippen LogP contribution in [0, 0.1) is 5.92 Å². The van der Waals surface area contributed by atoms with Crippen LogP contribution in [0.5, 0.6) is 0 Å². The van der Waals surface area contributed by atoms with E-state index in [0.717, 1.165) is 6.42 Å². The van der Waals surface area contributed by atoms with Crippen molar-refractivity contribution in [2.24, 2.45) is 5.92 Å². The van der Waals surface area contributed by atoms with Gasteiger partial charge in [0.25, 0.3) is 11.8 Å². The molecular weight excluding hydrogens is 577 g/mol. The molecule has 0 saturated carbocycles. The second-order valence-electron chi connectivity index (χ2n) is 10.8. The number of carbonyl (C=O) groups is 3. The molecule has 1 saturated heterocycles. The molecule has 3 aromatic rings. The summed E-state index contributed by atoms with van der Waals surface area (Å²) in [6.45, 7) is 0.932. The summed E-state index contributed by atoms with van der Waals surface area (Å²) in [5, 5.41) is 3.67. The lowest BCUT2D eigenvalue weighted by atomic mass is 9.80. The maximum Gasteiger partial charge on any atom is 0.273 e. The van der Waals surface area contributed by atoms with E-state index >= 15 is 0 Å². The Bertz CT molecular complexity index is 1450. The van der Waals surface area contributed by atoms with Crippen molar-refractivity contribution < 1.29 is 19.2 Å². The number of carbonyl (C=O) groups excluding carboxylic acids is 3. The highest BCUT2D eigenvalue weighted by Gasteiger charge is 2.49. The van der Waals surface area contributed by atoms with E-state index in [2.05, 4.69) is 10.5 Å². The molecule has 11 heteroatoms. The molecule has 3 unspecified atom stereocenters. The minimum absolute atomic E-state index is 0.0484. The van der Waals surface area contributed by atoms with Gasteiger partial charge >= 0.3 is 0 Å². The predicted molar refractivity (Wildman–Crippen MR) is 159 cm³/mol. The summed E-state index contributed by atoms with van der Waals surface area (Å²) in [4.78, 5) is 54.2. The minimum Gasteiger partial charge on any atom is -0.309 e. The van der Waals surface area contributed by atoms with Crippen molar-refractivity contribution in [2.75, 3.05) is 27.2 Å². The van der Waals surface area contributed by atoms with E-state index in [1.807, 2.05) is 25.1 Å². The van der Waals surface area contributed by atoms with Gasteiger partial charge in [-0.2, -0.15) is 0 Å². The van der Waals surface area contributed by atoms with E-state index in [1.165, 1.54) is 10.0 Å². The van der Waals surface area contributed by atoms with Crippen LogP contribution in [0.1, 0.15) is 58.4 Å². The van der Waals surface area contributed by atoms with E-state index in [0.29, 0.717) is 53.3 Å². The number of benzene rings is 2. The number of fused-ring (bicyclic) bond motifs is 1. The van der Waals surface area contributed by atoms with Crippen molar-refractivity contribution in [1.82, 2.24) is 25.4 Å². The lowest BCUT2D eigenvalue weighted by Gasteiger charge is -2.47. The van der Waals surface area contributed by atoms with Crippen LogP contribution in [-0.4, -0.2) is 64.8 Å². The molecule has 3 heterocycles. The molecule has 3 atom stereocenters. The molecule has 1 fully saturated rings. The highest BCUT2D eigenvalue weighted by Crippen LogP contribution is 2.46. The largest absolute Gasteiger partial charge is 0.309 e. The third kappa shape index (κ3) is 6.29. The number of rotatable bonds is 8. The molecule has 1 N–H and O–H groups in total. The molecule has 220 valence electrons. The van der Waals surface area contributed by atoms with Crippen molar-refractivity contribution in [3.05, 3.63) is 99.3 Å². The molecule has 5 rings (SSSR count). The SMILES string of the molecule is CN(C)CC1CCCCN(N2C(=O)c3ccccc3C(C(=O)NOCc3ccccn3)C2c2ccc(Cl)cc2Cl)C1=O. The van der Waals surface area contributed by atoms with Crippen LogP contribution >= 0.6 is 23.2 Å². The Hall–Kier alpha value is -3.50. The van der Waals surface area contributed by atoms with Crippen LogP contribution in [0.15, 0.2) is 66.9 Å². The number of hydroxylamine groups is 1. The normalized spacial score (nSPS) is 20.8. The Balaban J connectivity index is 1.59. The van der Waals surface area contributed by atoms with E-state index in [4.69, 9.17) is 28.0 Å². The van der Waals surface area contributed by atoms with Crippen LogP contribution < -0.4 is 5.48 Å². The molecule has 9 nitrogen and oxygen atoms in total. The highest BCUT2D eigenvalue weighted by molar-refractivity contribution is 6.35. The van der Waals surface area contributed by atoms with Gasteiger partial charge in [-0.25, -0.2) is 10.5 Å². The lowest BCUT2D eigenvalue weighted by molar-refractivity contribution is -0.157. The number of pyridine rings is 1. The Morgan fingerprint density at radius 1 is 1.05 bits per heavy atom. The summed E-state index contributed by atoms with van der Waals surface area (Å²) in [6, 6.07) is 16.4. The summed E-state index contributed by atoms with van der Waals surface area (Å²) in [5.74, 6) is -2.28. The van der Waals surface area contributed by atoms with Crippen LogP contribution in [0.3, 0.4) is 0 Å². The van der Waals surface area contributed by atoms with Crippen molar-refractivity contribution in [3.8, 4) is 0 Å². The van der Waals surface area contributed by atoms with Gasteiger partial charge in [0.2, 0.25) is 5.91 Å². The Labute approximate surface area is 255 Å². The average molecular weight is 611 g/mol. The number of aromatic nitrogens is 1. The summed E-state index contributed by atoms with van der Waals surface area (Å²) in [6.07, 6.45) is 3.91. The van der Waals surface area contributed by atoms with Gasteiger partial charge in [0.1, 0.15) is 6.61 Å². The van der Waals surface area contributed by atoms with Gasteiger partial charge in [0.05, 0.1) is 23.6 Å². The fourth-order valence-electron chi connectivity index (χ4n) is 5.77.